The first-order valence-corrected chi connectivity index (χ1v) is 7.70. The molecule has 0 spiro atoms. The lowest BCUT2D eigenvalue weighted by Gasteiger charge is -2.08. The average Bonchev–Trinajstić information content (AvgIpc) is 2.46. The molecule has 3 nitrogen and oxygen atoms in total. The van der Waals surface area contributed by atoms with Crippen molar-refractivity contribution in [2.24, 2.45) is 0 Å². The predicted octanol–water partition coefficient (Wildman–Crippen LogP) is 3.97. The van der Waals surface area contributed by atoms with E-state index in [1.54, 1.807) is 18.3 Å². The summed E-state index contributed by atoms with van der Waals surface area (Å²) in [6.07, 6.45) is 3.77. The smallest absolute Gasteiger partial charge is 0.257 e. The van der Waals surface area contributed by atoms with E-state index in [4.69, 9.17) is 0 Å². The van der Waals surface area contributed by atoms with Gasteiger partial charge in [0.15, 0.2) is 0 Å². The number of rotatable bonds is 5. The summed E-state index contributed by atoms with van der Waals surface area (Å²) in [5, 5.41) is 3.91. The van der Waals surface area contributed by atoms with Gasteiger partial charge in [0.1, 0.15) is 0 Å². The molecule has 20 heavy (non-hydrogen) atoms. The number of carbonyl (C=O) groups is 1. The number of aromatic nitrogens is 1. The van der Waals surface area contributed by atoms with Gasteiger partial charge in [-0.15, -0.1) is 0 Å². The number of alkyl halides is 1. The number of pyridine rings is 1. The lowest BCUT2D eigenvalue weighted by atomic mass is 10.1. The van der Waals surface area contributed by atoms with Gasteiger partial charge >= 0.3 is 0 Å². The summed E-state index contributed by atoms with van der Waals surface area (Å²) in [4.78, 5) is 16.3. The molecular formula is C16H17BrN2O. The molecule has 0 atom stereocenters. The van der Waals surface area contributed by atoms with Crippen LogP contribution in [0.2, 0.25) is 0 Å². The van der Waals surface area contributed by atoms with Crippen LogP contribution in [0.4, 0.5) is 5.69 Å². The second kappa shape index (κ2) is 7.20. The standard InChI is InChI=1S/C16H17BrN2O/c1-12-15(8-4-10-18-12)16(20)19-14-7-2-5-13(11-14)6-3-9-17/h2,4-5,7-8,10-11H,3,6,9H2,1H3,(H,19,20). The van der Waals surface area contributed by atoms with Crippen molar-refractivity contribution >= 4 is 27.5 Å². The summed E-state index contributed by atoms with van der Waals surface area (Å²) in [5.41, 5.74) is 3.40. The second-order valence-corrected chi connectivity index (χ2v) is 5.38. The normalized spacial score (nSPS) is 10.3. The van der Waals surface area contributed by atoms with E-state index in [-0.39, 0.29) is 5.91 Å². The highest BCUT2D eigenvalue weighted by Gasteiger charge is 2.09. The number of nitrogens with zero attached hydrogens (tertiary/aromatic N) is 1. The number of halogens is 1. The van der Waals surface area contributed by atoms with E-state index in [0.717, 1.165) is 29.6 Å². The number of hydrogen-bond acceptors (Lipinski definition) is 2. The van der Waals surface area contributed by atoms with Crippen LogP contribution in [-0.2, 0) is 6.42 Å². The van der Waals surface area contributed by atoms with E-state index in [2.05, 4.69) is 32.3 Å². The molecule has 2 aromatic rings. The monoisotopic (exact) mass is 332 g/mol. The summed E-state index contributed by atoms with van der Waals surface area (Å²) in [7, 11) is 0. The highest BCUT2D eigenvalue weighted by atomic mass is 79.9. The molecule has 0 unspecified atom stereocenters. The zero-order valence-corrected chi connectivity index (χ0v) is 13.0. The van der Waals surface area contributed by atoms with Crippen molar-refractivity contribution in [3.8, 4) is 0 Å². The van der Waals surface area contributed by atoms with Crippen molar-refractivity contribution in [1.29, 1.82) is 0 Å². The lowest BCUT2D eigenvalue weighted by Crippen LogP contribution is -2.14. The molecule has 2 rings (SSSR count). The van der Waals surface area contributed by atoms with Crippen molar-refractivity contribution in [2.45, 2.75) is 19.8 Å². The third-order valence-electron chi connectivity index (χ3n) is 3.04. The van der Waals surface area contributed by atoms with Gasteiger partial charge < -0.3 is 5.32 Å². The second-order valence-electron chi connectivity index (χ2n) is 4.58. The number of amides is 1. The molecule has 0 aliphatic heterocycles. The van der Waals surface area contributed by atoms with Crippen LogP contribution in [0.3, 0.4) is 0 Å². The van der Waals surface area contributed by atoms with E-state index in [1.165, 1.54) is 5.56 Å². The van der Waals surface area contributed by atoms with E-state index >= 15 is 0 Å². The minimum atomic E-state index is -0.117. The van der Waals surface area contributed by atoms with Crippen molar-refractivity contribution in [3.05, 3.63) is 59.4 Å². The SMILES string of the molecule is Cc1ncccc1C(=O)Nc1cccc(CCCBr)c1. The molecule has 0 bridgehead atoms. The molecule has 104 valence electrons. The minimum absolute atomic E-state index is 0.117. The molecule has 1 amide bonds. The van der Waals surface area contributed by atoms with Crippen molar-refractivity contribution in [3.63, 3.8) is 0 Å². The Morgan fingerprint density at radius 3 is 2.90 bits per heavy atom. The van der Waals surface area contributed by atoms with E-state index in [1.807, 2.05) is 25.1 Å². The zero-order valence-electron chi connectivity index (χ0n) is 11.4. The fourth-order valence-corrected chi connectivity index (χ4v) is 2.28. The van der Waals surface area contributed by atoms with Gasteiger partial charge in [0.25, 0.3) is 5.91 Å². The van der Waals surface area contributed by atoms with Crippen LogP contribution in [0.15, 0.2) is 42.6 Å². The number of aryl methyl sites for hydroxylation is 2. The van der Waals surface area contributed by atoms with Crippen LogP contribution in [0, 0.1) is 6.92 Å². The molecule has 1 aromatic heterocycles. The predicted molar refractivity (Wildman–Crippen MR) is 85.5 cm³/mol. The van der Waals surface area contributed by atoms with Crippen LogP contribution in [0.25, 0.3) is 0 Å². The quantitative estimate of drug-likeness (QED) is 0.841. The van der Waals surface area contributed by atoms with Crippen molar-refractivity contribution < 1.29 is 4.79 Å². The minimum Gasteiger partial charge on any atom is -0.322 e. The van der Waals surface area contributed by atoms with E-state index in [0.29, 0.717) is 5.56 Å². The zero-order chi connectivity index (χ0) is 14.4. The lowest BCUT2D eigenvalue weighted by molar-refractivity contribution is 0.102. The summed E-state index contributed by atoms with van der Waals surface area (Å²) in [6, 6.07) is 11.5. The maximum Gasteiger partial charge on any atom is 0.257 e. The van der Waals surface area contributed by atoms with Gasteiger partial charge in [0, 0.05) is 22.9 Å². The Balaban J connectivity index is 2.10. The average molecular weight is 333 g/mol. The molecule has 0 saturated carbocycles. The first-order valence-electron chi connectivity index (χ1n) is 6.58. The molecule has 1 heterocycles. The first-order chi connectivity index (χ1) is 9.70. The Bertz CT molecular complexity index is 599. The Labute approximate surface area is 127 Å². The molecule has 0 aliphatic carbocycles. The van der Waals surface area contributed by atoms with Gasteiger partial charge in [-0.1, -0.05) is 28.1 Å². The number of anilines is 1. The molecule has 4 heteroatoms. The third-order valence-corrected chi connectivity index (χ3v) is 3.60. The van der Waals surface area contributed by atoms with Crippen molar-refractivity contribution in [1.82, 2.24) is 4.98 Å². The summed E-state index contributed by atoms with van der Waals surface area (Å²) in [6.45, 7) is 1.83. The van der Waals surface area contributed by atoms with Gasteiger partial charge in [-0.05, 0) is 49.6 Å². The maximum atomic E-state index is 12.2. The van der Waals surface area contributed by atoms with E-state index < -0.39 is 0 Å². The Morgan fingerprint density at radius 1 is 1.30 bits per heavy atom. The molecule has 0 radical (unpaired) electrons. The number of hydrogen-bond donors (Lipinski definition) is 1. The first kappa shape index (κ1) is 14.7. The van der Waals surface area contributed by atoms with Crippen LogP contribution >= 0.6 is 15.9 Å². The summed E-state index contributed by atoms with van der Waals surface area (Å²) in [5.74, 6) is -0.117. The van der Waals surface area contributed by atoms with E-state index in [9.17, 15) is 4.79 Å². The van der Waals surface area contributed by atoms with Gasteiger partial charge in [-0.2, -0.15) is 0 Å². The largest absolute Gasteiger partial charge is 0.322 e. The summed E-state index contributed by atoms with van der Waals surface area (Å²) < 4.78 is 0. The molecule has 0 saturated heterocycles. The molecule has 1 aromatic carbocycles. The molecule has 0 fully saturated rings. The number of carbonyl (C=O) groups excluding carboxylic acids is 1. The fourth-order valence-electron chi connectivity index (χ4n) is 2.00. The highest BCUT2D eigenvalue weighted by molar-refractivity contribution is 9.09. The Morgan fingerprint density at radius 2 is 2.15 bits per heavy atom. The van der Waals surface area contributed by atoms with Crippen LogP contribution in [-0.4, -0.2) is 16.2 Å². The topological polar surface area (TPSA) is 42.0 Å². The third kappa shape index (κ3) is 3.90. The van der Waals surface area contributed by atoms with Crippen molar-refractivity contribution in [2.75, 3.05) is 10.6 Å². The fraction of sp³-hybridized carbons (Fsp3) is 0.250. The highest BCUT2D eigenvalue weighted by Crippen LogP contribution is 2.14. The molecular weight excluding hydrogens is 316 g/mol. The Hall–Kier alpha value is -1.68. The molecule has 1 N–H and O–H groups in total. The number of nitrogens with one attached hydrogen (secondary N) is 1. The number of benzene rings is 1. The van der Waals surface area contributed by atoms with Gasteiger partial charge in [-0.25, -0.2) is 0 Å². The van der Waals surface area contributed by atoms with Crippen LogP contribution < -0.4 is 5.32 Å². The molecule has 0 aliphatic rings. The Kier molecular flexibility index (Phi) is 5.30. The van der Waals surface area contributed by atoms with Gasteiger partial charge in [0.2, 0.25) is 0 Å². The van der Waals surface area contributed by atoms with Gasteiger partial charge in [-0.3, -0.25) is 9.78 Å². The summed E-state index contributed by atoms with van der Waals surface area (Å²) >= 11 is 3.43. The van der Waals surface area contributed by atoms with Gasteiger partial charge in [0.05, 0.1) is 5.56 Å². The maximum absolute atomic E-state index is 12.2. The van der Waals surface area contributed by atoms with Crippen LogP contribution in [0.5, 0.6) is 0 Å². The van der Waals surface area contributed by atoms with Crippen LogP contribution in [0.1, 0.15) is 28.0 Å².